The van der Waals surface area contributed by atoms with Crippen LogP contribution in [0.5, 0.6) is 5.75 Å². The quantitative estimate of drug-likeness (QED) is 0.718. The summed E-state index contributed by atoms with van der Waals surface area (Å²) in [5.41, 5.74) is 1.38. The van der Waals surface area contributed by atoms with Crippen molar-refractivity contribution in [2.24, 2.45) is 0 Å². The summed E-state index contributed by atoms with van der Waals surface area (Å²) in [6.07, 6.45) is 0.660. The Kier molecular flexibility index (Phi) is 5.96. The van der Waals surface area contributed by atoms with Crippen LogP contribution in [-0.2, 0) is 26.0 Å². The monoisotopic (exact) mass is 403 g/mol. The molecule has 0 aliphatic carbocycles. The lowest BCUT2D eigenvalue weighted by atomic mass is 10.1. The number of anilines is 1. The number of rotatable bonds is 7. The molecule has 0 bridgehead atoms. The van der Waals surface area contributed by atoms with Crippen LogP contribution in [0.25, 0.3) is 0 Å². The van der Waals surface area contributed by atoms with Crippen LogP contribution in [0.4, 0.5) is 5.69 Å². The summed E-state index contributed by atoms with van der Waals surface area (Å²) in [7, 11) is -2.56. The van der Waals surface area contributed by atoms with Crippen LogP contribution in [0.1, 0.15) is 5.56 Å². The number of likely N-dealkylation sites (N-methyl/N-ethyl adjacent to an activating group) is 1. The van der Waals surface area contributed by atoms with Gasteiger partial charge in [0.15, 0.2) is 6.61 Å². The van der Waals surface area contributed by atoms with Crippen molar-refractivity contribution in [3.05, 3.63) is 54.1 Å². The highest BCUT2D eigenvalue weighted by Crippen LogP contribution is 2.30. The number of nitrogens with zero attached hydrogens (tertiary/aromatic N) is 1. The van der Waals surface area contributed by atoms with Crippen LogP contribution in [0.3, 0.4) is 0 Å². The maximum atomic E-state index is 12.7. The first-order chi connectivity index (χ1) is 13.4. The summed E-state index contributed by atoms with van der Waals surface area (Å²) in [5.74, 6) is -0.343. The third kappa shape index (κ3) is 4.68. The highest BCUT2D eigenvalue weighted by molar-refractivity contribution is 7.89. The third-order valence-electron chi connectivity index (χ3n) is 4.24. The van der Waals surface area contributed by atoms with Gasteiger partial charge in [-0.15, -0.1) is 0 Å². The number of hydrogen-bond donors (Lipinski definition) is 2. The van der Waals surface area contributed by atoms with Gasteiger partial charge < -0.3 is 15.4 Å². The maximum Gasteiger partial charge on any atom is 0.262 e. The van der Waals surface area contributed by atoms with Gasteiger partial charge in [0.2, 0.25) is 15.9 Å². The number of hydrogen-bond acceptors (Lipinski definition) is 5. The molecule has 3 rings (SSSR count). The first-order valence-electron chi connectivity index (χ1n) is 8.70. The summed E-state index contributed by atoms with van der Waals surface area (Å²) < 4.78 is 31.6. The van der Waals surface area contributed by atoms with E-state index in [1.165, 1.54) is 25.2 Å². The highest BCUT2D eigenvalue weighted by Gasteiger charge is 2.25. The number of carbonyl (C=O) groups is 2. The minimum Gasteiger partial charge on any atom is -0.482 e. The van der Waals surface area contributed by atoms with Gasteiger partial charge in [-0.25, -0.2) is 8.42 Å². The van der Waals surface area contributed by atoms with Gasteiger partial charge in [0.25, 0.3) is 5.91 Å². The second kappa shape index (κ2) is 8.41. The van der Waals surface area contributed by atoms with E-state index in [0.717, 1.165) is 9.87 Å². The van der Waals surface area contributed by atoms with Crippen LogP contribution in [0.15, 0.2) is 53.4 Å². The normalized spacial score (nSPS) is 13.4. The molecule has 0 atom stereocenters. The summed E-state index contributed by atoms with van der Waals surface area (Å²) in [6.45, 7) is -0.00182. The fourth-order valence-corrected chi connectivity index (χ4v) is 3.89. The molecule has 0 saturated heterocycles. The Bertz CT molecular complexity index is 976. The Morgan fingerprint density at radius 3 is 2.71 bits per heavy atom. The van der Waals surface area contributed by atoms with Gasteiger partial charge in [-0.05, 0) is 30.2 Å². The number of benzene rings is 2. The lowest BCUT2D eigenvalue weighted by Crippen LogP contribution is -2.39. The maximum absolute atomic E-state index is 12.7. The average Bonchev–Trinajstić information content (AvgIpc) is 2.68. The molecule has 9 heteroatoms. The molecule has 1 aliphatic heterocycles. The van der Waals surface area contributed by atoms with Crippen LogP contribution in [-0.4, -0.2) is 51.3 Å². The second-order valence-corrected chi connectivity index (χ2v) is 8.39. The van der Waals surface area contributed by atoms with Gasteiger partial charge >= 0.3 is 0 Å². The van der Waals surface area contributed by atoms with Crippen molar-refractivity contribution < 1.29 is 22.7 Å². The molecular weight excluding hydrogens is 382 g/mol. The first-order valence-corrected chi connectivity index (χ1v) is 10.1. The van der Waals surface area contributed by atoms with Crippen molar-refractivity contribution in [3.8, 4) is 5.75 Å². The van der Waals surface area contributed by atoms with E-state index in [0.29, 0.717) is 18.7 Å². The molecule has 1 heterocycles. The van der Waals surface area contributed by atoms with Crippen molar-refractivity contribution in [2.75, 3.05) is 32.1 Å². The predicted molar refractivity (Wildman–Crippen MR) is 104 cm³/mol. The third-order valence-corrected chi connectivity index (χ3v) is 6.04. The highest BCUT2D eigenvalue weighted by atomic mass is 32.2. The van der Waals surface area contributed by atoms with E-state index in [-0.39, 0.29) is 29.6 Å². The minimum atomic E-state index is -3.90. The van der Waals surface area contributed by atoms with Gasteiger partial charge in [0, 0.05) is 13.6 Å². The van der Waals surface area contributed by atoms with Gasteiger partial charge in [0.05, 0.1) is 17.1 Å². The topological polar surface area (TPSA) is 105 Å². The number of amides is 2. The van der Waals surface area contributed by atoms with Crippen molar-refractivity contribution in [1.82, 2.24) is 9.62 Å². The van der Waals surface area contributed by atoms with Gasteiger partial charge in [0.1, 0.15) is 5.75 Å². The molecule has 2 amide bonds. The zero-order valence-corrected chi connectivity index (χ0v) is 16.2. The van der Waals surface area contributed by atoms with E-state index >= 15 is 0 Å². The van der Waals surface area contributed by atoms with Crippen LogP contribution in [0.2, 0.25) is 0 Å². The lowest BCUT2D eigenvalue weighted by molar-refractivity contribution is -0.121. The molecule has 0 radical (unpaired) electrons. The van der Waals surface area contributed by atoms with Crippen LogP contribution >= 0.6 is 0 Å². The molecule has 2 aromatic rings. The summed E-state index contributed by atoms with van der Waals surface area (Å²) in [4.78, 5) is 23.5. The Hall–Kier alpha value is -2.91. The molecule has 2 N–H and O–H groups in total. The Morgan fingerprint density at radius 1 is 1.21 bits per heavy atom. The largest absolute Gasteiger partial charge is 0.482 e. The number of fused-ring (bicyclic) bond motifs is 1. The zero-order chi connectivity index (χ0) is 20.1. The van der Waals surface area contributed by atoms with Gasteiger partial charge in [-0.1, -0.05) is 30.3 Å². The Morgan fingerprint density at radius 2 is 1.96 bits per heavy atom. The van der Waals surface area contributed by atoms with Crippen LogP contribution < -0.4 is 15.4 Å². The van der Waals surface area contributed by atoms with E-state index in [1.807, 2.05) is 30.3 Å². The molecule has 0 spiro atoms. The SMILES string of the molecule is CN(CC(=O)NCCc1ccccc1)S(=O)(=O)c1ccc2c(c1)NC(=O)CO2. The molecule has 0 saturated carbocycles. The Labute approximate surface area is 163 Å². The summed E-state index contributed by atoms with van der Waals surface area (Å²) in [6, 6.07) is 13.9. The fraction of sp³-hybridized carbons (Fsp3) is 0.263. The zero-order valence-electron chi connectivity index (χ0n) is 15.3. The summed E-state index contributed by atoms with van der Waals surface area (Å²) >= 11 is 0. The van der Waals surface area contributed by atoms with E-state index in [9.17, 15) is 18.0 Å². The van der Waals surface area contributed by atoms with Gasteiger partial charge in [-0.2, -0.15) is 4.31 Å². The molecule has 0 fully saturated rings. The number of ether oxygens (including phenoxy) is 1. The molecule has 148 valence electrons. The molecule has 1 aliphatic rings. The predicted octanol–water partition coefficient (Wildman–Crippen LogP) is 0.997. The standard InChI is InChI=1S/C19H21N3O5S/c1-22(12-18(23)20-10-9-14-5-3-2-4-6-14)28(25,26)15-7-8-17-16(11-15)21-19(24)13-27-17/h2-8,11H,9-10,12-13H2,1H3,(H,20,23)(H,21,24). The van der Waals surface area contributed by atoms with Crippen molar-refractivity contribution in [3.63, 3.8) is 0 Å². The summed E-state index contributed by atoms with van der Waals surface area (Å²) in [5, 5.41) is 5.29. The van der Waals surface area contributed by atoms with Crippen molar-refractivity contribution >= 4 is 27.5 Å². The fourth-order valence-electron chi connectivity index (χ4n) is 2.74. The average molecular weight is 403 g/mol. The molecule has 8 nitrogen and oxygen atoms in total. The second-order valence-electron chi connectivity index (χ2n) is 6.34. The molecule has 0 unspecified atom stereocenters. The van der Waals surface area contributed by atoms with Crippen molar-refractivity contribution in [2.45, 2.75) is 11.3 Å². The van der Waals surface area contributed by atoms with Crippen molar-refractivity contribution in [1.29, 1.82) is 0 Å². The first kappa shape index (κ1) is 19.8. The van der Waals surface area contributed by atoms with Crippen LogP contribution in [0, 0.1) is 0 Å². The minimum absolute atomic E-state index is 0.0309. The van der Waals surface area contributed by atoms with E-state index in [1.54, 1.807) is 0 Å². The van der Waals surface area contributed by atoms with E-state index < -0.39 is 15.9 Å². The van der Waals surface area contributed by atoms with E-state index in [2.05, 4.69) is 10.6 Å². The molecule has 2 aromatic carbocycles. The molecule has 0 aromatic heterocycles. The number of sulfonamides is 1. The van der Waals surface area contributed by atoms with Gasteiger partial charge in [-0.3, -0.25) is 9.59 Å². The molecular formula is C19H21N3O5S. The van der Waals surface area contributed by atoms with E-state index in [4.69, 9.17) is 4.74 Å². The number of carbonyl (C=O) groups excluding carboxylic acids is 2. The smallest absolute Gasteiger partial charge is 0.262 e. The number of nitrogens with one attached hydrogen (secondary N) is 2. The Balaban J connectivity index is 1.59. The molecule has 28 heavy (non-hydrogen) atoms. The lowest BCUT2D eigenvalue weighted by Gasteiger charge is -2.21.